The third-order valence-electron chi connectivity index (χ3n) is 7.71. The van der Waals surface area contributed by atoms with E-state index in [2.05, 4.69) is 26.3 Å². The Morgan fingerprint density at radius 1 is 1.02 bits per heavy atom. The molecule has 1 aliphatic heterocycles. The molecule has 6 rings (SSSR count). The van der Waals surface area contributed by atoms with Gasteiger partial charge in [0, 0.05) is 35.0 Å². The highest BCUT2D eigenvalue weighted by molar-refractivity contribution is 9.10. The minimum Gasteiger partial charge on any atom is -0.344 e. The predicted molar refractivity (Wildman–Crippen MR) is 168 cm³/mol. The number of fused-ring (bicyclic) bond motifs is 1. The van der Waals surface area contributed by atoms with Crippen molar-refractivity contribution in [1.82, 2.24) is 29.1 Å². The molecular formula is C32H28BrClN6O3. The number of hydrogen-bond acceptors (Lipinski definition) is 4. The lowest BCUT2D eigenvalue weighted by Gasteiger charge is -2.34. The van der Waals surface area contributed by atoms with Crippen LogP contribution < -0.4 is 11.0 Å². The molecular weight excluding hydrogens is 632 g/mol. The summed E-state index contributed by atoms with van der Waals surface area (Å²) in [4.78, 5) is 43.4. The number of halogens is 2. The van der Waals surface area contributed by atoms with Crippen LogP contribution in [0.15, 0.2) is 101 Å². The van der Waals surface area contributed by atoms with Crippen molar-refractivity contribution in [3.63, 3.8) is 0 Å². The summed E-state index contributed by atoms with van der Waals surface area (Å²) < 4.78 is 5.44. The fourth-order valence-electron chi connectivity index (χ4n) is 5.42. The van der Waals surface area contributed by atoms with E-state index < -0.39 is 5.91 Å². The third kappa shape index (κ3) is 5.44. The molecule has 3 heterocycles. The highest BCUT2D eigenvalue weighted by Crippen LogP contribution is 2.28. The number of amides is 2. The maximum absolute atomic E-state index is 14.0. The molecule has 1 N–H and O–H groups in total. The smallest absolute Gasteiger partial charge is 0.333 e. The number of nitrogens with one attached hydrogen (secondary N) is 1. The molecule has 2 aromatic heterocycles. The second kappa shape index (κ2) is 11.7. The quantitative estimate of drug-likeness (QED) is 0.250. The highest BCUT2D eigenvalue weighted by Gasteiger charge is 2.35. The molecule has 0 bridgehead atoms. The molecule has 1 aliphatic rings. The van der Waals surface area contributed by atoms with Gasteiger partial charge >= 0.3 is 5.69 Å². The van der Waals surface area contributed by atoms with E-state index in [9.17, 15) is 14.4 Å². The van der Waals surface area contributed by atoms with Crippen LogP contribution in [0.2, 0.25) is 5.02 Å². The van der Waals surface area contributed by atoms with Crippen LogP contribution in [0.4, 0.5) is 0 Å². The predicted octanol–water partition coefficient (Wildman–Crippen LogP) is 5.78. The summed E-state index contributed by atoms with van der Waals surface area (Å²) >= 11 is 9.66. The summed E-state index contributed by atoms with van der Waals surface area (Å²) in [6.07, 6.45) is 3.51. The van der Waals surface area contributed by atoms with E-state index >= 15 is 0 Å². The molecule has 3 aromatic carbocycles. The first kappa shape index (κ1) is 28.7. The molecule has 0 aliphatic carbocycles. The van der Waals surface area contributed by atoms with Crippen molar-refractivity contribution in [3.8, 4) is 11.4 Å². The molecule has 0 radical (unpaired) electrons. The van der Waals surface area contributed by atoms with Crippen LogP contribution in [-0.4, -0.2) is 41.7 Å². The number of carbonyl (C=O) groups excluding carboxylic acids is 2. The Labute approximate surface area is 261 Å². The van der Waals surface area contributed by atoms with Crippen LogP contribution in [0, 0.1) is 0 Å². The summed E-state index contributed by atoms with van der Waals surface area (Å²) in [6, 6.07) is 23.1. The molecule has 0 spiro atoms. The normalized spacial score (nSPS) is 15.2. The van der Waals surface area contributed by atoms with E-state index in [0.717, 1.165) is 11.3 Å². The van der Waals surface area contributed by atoms with Crippen LogP contribution in [0.5, 0.6) is 0 Å². The summed E-state index contributed by atoms with van der Waals surface area (Å²) in [5, 5.41) is 7.76. The zero-order valence-corrected chi connectivity index (χ0v) is 25.8. The molecule has 43 heavy (non-hydrogen) atoms. The van der Waals surface area contributed by atoms with E-state index in [1.165, 1.54) is 4.57 Å². The van der Waals surface area contributed by atoms with Gasteiger partial charge in [-0.15, -0.1) is 0 Å². The Morgan fingerprint density at radius 2 is 1.74 bits per heavy atom. The first-order valence-electron chi connectivity index (χ1n) is 13.8. The van der Waals surface area contributed by atoms with Crippen LogP contribution in [0.3, 0.4) is 0 Å². The van der Waals surface area contributed by atoms with Gasteiger partial charge in [-0.2, -0.15) is 5.10 Å². The second-order valence-electron chi connectivity index (χ2n) is 10.5. The topological polar surface area (TPSA) is 94.2 Å². The molecule has 9 nitrogen and oxygen atoms in total. The Hall–Kier alpha value is -4.41. The number of imidazole rings is 1. The molecule has 2 amide bonds. The maximum Gasteiger partial charge on any atom is 0.333 e. The van der Waals surface area contributed by atoms with Crippen molar-refractivity contribution in [2.75, 3.05) is 0 Å². The van der Waals surface area contributed by atoms with Gasteiger partial charge in [0.05, 0.1) is 34.7 Å². The molecule has 5 aromatic rings. The summed E-state index contributed by atoms with van der Waals surface area (Å²) in [5.74, 6) is -0.645. The van der Waals surface area contributed by atoms with Crippen LogP contribution in [0.1, 0.15) is 52.0 Å². The minimum absolute atomic E-state index is 0.0732. The average molecular weight is 660 g/mol. The molecule has 0 saturated heterocycles. The van der Waals surface area contributed by atoms with Crippen molar-refractivity contribution in [1.29, 1.82) is 0 Å². The van der Waals surface area contributed by atoms with Crippen molar-refractivity contribution in [3.05, 3.63) is 134 Å². The number of carbonyl (C=O) groups is 2. The van der Waals surface area contributed by atoms with Gasteiger partial charge in [0.15, 0.2) is 0 Å². The van der Waals surface area contributed by atoms with Gasteiger partial charge in [-0.25, -0.2) is 9.48 Å². The van der Waals surface area contributed by atoms with Crippen molar-refractivity contribution in [2.45, 2.75) is 39.0 Å². The van der Waals surface area contributed by atoms with Crippen LogP contribution in [-0.2, 0) is 13.1 Å². The number of hydrogen-bond donors (Lipinski definition) is 1. The fourth-order valence-corrected chi connectivity index (χ4v) is 5.85. The fraction of sp³-hybridized carbons (Fsp3) is 0.188. The van der Waals surface area contributed by atoms with Crippen LogP contribution >= 0.6 is 27.5 Å². The van der Waals surface area contributed by atoms with Gasteiger partial charge in [0.1, 0.15) is 5.69 Å². The van der Waals surface area contributed by atoms with Crippen molar-refractivity contribution < 1.29 is 9.59 Å². The molecule has 11 heteroatoms. The molecule has 218 valence electrons. The molecule has 0 saturated carbocycles. The van der Waals surface area contributed by atoms with Gasteiger partial charge in [-0.3, -0.25) is 18.7 Å². The first-order valence-corrected chi connectivity index (χ1v) is 15.0. The van der Waals surface area contributed by atoms with Crippen molar-refractivity contribution in [2.24, 2.45) is 0 Å². The molecule has 2 atom stereocenters. The zero-order valence-electron chi connectivity index (χ0n) is 23.4. The van der Waals surface area contributed by atoms with Gasteiger partial charge < -0.3 is 10.2 Å². The van der Waals surface area contributed by atoms with E-state index in [1.807, 2.05) is 68.6 Å². The summed E-state index contributed by atoms with van der Waals surface area (Å²) in [7, 11) is 0. The zero-order chi connectivity index (χ0) is 30.2. The van der Waals surface area contributed by atoms with E-state index in [4.69, 9.17) is 11.6 Å². The summed E-state index contributed by atoms with van der Waals surface area (Å²) in [6.45, 7) is 4.09. The molecule has 0 unspecified atom stereocenters. The average Bonchev–Trinajstić information content (AvgIpc) is 3.65. The number of rotatable bonds is 6. The standard InChI is InChI=1S/C32H28BrClN6O3/c1-20-18-38-28(19-37(20)31(42)23-9-14-26(33)27(34)17-23)29(30(41)36-21(2)22-7-4-3-5-8-22)40(32(38)43)25-12-10-24(11-13-25)39-16-6-15-35-39/h3-17,20-21H,18-19H2,1-2H3,(H,36,41)/t20-,21+/m0/s1. The monoisotopic (exact) mass is 658 g/mol. The lowest BCUT2D eigenvalue weighted by atomic mass is 10.1. The lowest BCUT2D eigenvalue weighted by Crippen LogP contribution is -2.47. The highest BCUT2D eigenvalue weighted by atomic mass is 79.9. The third-order valence-corrected chi connectivity index (χ3v) is 8.94. The van der Waals surface area contributed by atoms with Gasteiger partial charge in [-0.05, 0) is 83.9 Å². The largest absolute Gasteiger partial charge is 0.344 e. The summed E-state index contributed by atoms with van der Waals surface area (Å²) in [5.41, 5.74) is 3.02. The lowest BCUT2D eigenvalue weighted by molar-refractivity contribution is 0.0610. The number of nitrogens with zero attached hydrogens (tertiary/aromatic N) is 5. The number of aromatic nitrogens is 4. The van der Waals surface area contributed by atoms with Gasteiger partial charge in [-0.1, -0.05) is 41.9 Å². The Bertz CT molecular complexity index is 1870. The van der Waals surface area contributed by atoms with Crippen molar-refractivity contribution >= 4 is 39.3 Å². The SMILES string of the molecule is C[C@@H](NC(=O)c1c2n(c(=O)n1-c1ccc(-n3cccn3)cc1)C[C@H](C)N(C(=O)c1ccc(Br)c(Cl)c1)C2)c1ccccc1. The second-order valence-corrected chi connectivity index (χ2v) is 11.8. The first-order chi connectivity index (χ1) is 20.7. The van der Waals surface area contributed by atoms with E-state index in [1.54, 1.807) is 50.7 Å². The van der Waals surface area contributed by atoms with Gasteiger partial charge in [0.2, 0.25) is 0 Å². The van der Waals surface area contributed by atoms with E-state index in [0.29, 0.717) is 26.4 Å². The molecule has 0 fully saturated rings. The Kier molecular flexibility index (Phi) is 7.81. The maximum atomic E-state index is 14.0. The Balaban J connectivity index is 1.43. The number of benzene rings is 3. The Morgan fingerprint density at radius 3 is 2.42 bits per heavy atom. The van der Waals surface area contributed by atoms with Crippen LogP contribution in [0.25, 0.3) is 11.4 Å². The minimum atomic E-state index is -0.410. The van der Waals surface area contributed by atoms with E-state index in [-0.39, 0.29) is 42.5 Å². The van der Waals surface area contributed by atoms with Gasteiger partial charge in [0.25, 0.3) is 11.8 Å².